The van der Waals surface area contributed by atoms with Crippen molar-refractivity contribution in [2.75, 3.05) is 13.7 Å². The molecule has 4 heteroatoms. The summed E-state index contributed by atoms with van der Waals surface area (Å²) in [6.45, 7) is 3.96. The van der Waals surface area contributed by atoms with Gasteiger partial charge in [0, 0.05) is 24.3 Å². The number of nitrogens with one attached hydrogen (secondary N) is 2. The van der Waals surface area contributed by atoms with Crippen LogP contribution in [-0.2, 0) is 13.0 Å². The van der Waals surface area contributed by atoms with Crippen molar-refractivity contribution in [2.24, 2.45) is 0 Å². The number of hydrogen-bond donors (Lipinski definition) is 2. The number of rotatable bonds is 5. The molecule has 0 fully saturated rings. The predicted octanol–water partition coefficient (Wildman–Crippen LogP) is 2.94. The van der Waals surface area contributed by atoms with Gasteiger partial charge in [0.05, 0.1) is 13.3 Å². The fourth-order valence-electron chi connectivity index (χ4n) is 3.17. The maximum Gasteiger partial charge on any atom is 0.119 e. The van der Waals surface area contributed by atoms with E-state index in [9.17, 15) is 0 Å². The first-order chi connectivity index (χ1) is 10.3. The van der Waals surface area contributed by atoms with E-state index in [1.807, 2.05) is 6.20 Å². The minimum Gasteiger partial charge on any atom is -0.497 e. The minimum atomic E-state index is 0.604. The van der Waals surface area contributed by atoms with Crippen LogP contribution in [0.2, 0.25) is 0 Å². The van der Waals surface area contributed by atoms with Crippen LogP contribution < -0.4 is 10.1 Å². The van der Waals surface area contributed by atoms with Gasteiger partial charge in [-0.1, -0.05) is 6.07 Å². The highest BCUT2D eigenvalue weighted by Gasteiger charge is 2.20. The van der Waals surface area contributed by atoms with Gasteiger partial charge in [0.2, 0.25) is 0 Å². The molecule has 112 valence electrons. The molecule has 4 nitrogen and oxygen atoms in total. The first kappa shape index (κ1) is 14.1. The van der Waals surface area contributed by atoms with Gasteiger partial charge >= 0.3 is 0 Å². The van der Waals surface area contributed by atoms with E-state index < -0.39 is 0 Å². The lowest BCUT2D eigenvalue weighted by Gasteiger charge is -2.26. The summed E-state index contributed by atoms with van der Waals surface area (Å²) >= 11 is 0. The zero-order valence-corrected chi connectivity index (χ0v) is 12.8. The largest absolute Gasteiger partial charge is 0.497 e. The molecule has 1 heterocycles. The van der Waals surface area contributed by atoms with Crippen molar-refractivity contribution < 1.29 is 4.74 Å². The number of methoxy groups -OCH3 is 1. The summed E-state index contributed by atoms with van der Waals surface area (Å²) in [5, 5.41) is 10.6. The number of benzene rings is 1. The van der Waals surface area contributed by atoms with Crippen LogP contribution in [0.25, 0.3) is 0 Å². The Morgan fingerprint density at radius 2 is 2.33 bits per heavy atom. The summed E-state index contributed by atoms with van der Waals surface area (Å²) in [6, 6.07) is 6.52. The topological polar surface area (TPSA) is 49.9 Å². The van der Waals surface area contributed by atoms with Crippen molar-refractivity contribution >= 4 is 0 Å². The molecule has 1 aromatic carbocycles. The lowest BCUT2D eigenvalue weighted by molar-refractivity contribution is 0.412. The molecule has 2 N–H and O–H groups in total. The van der Waals surface area contributed by atoms with Crippen LogP contribution in [0.3, 0.4) is 0 Å². The SMILES string of the molecule is COc1ccc2c(c1)CCC[C@@H]2CNCc1cn[nH]c1C. The Balaban J connectivity index is 1.64. The molecule has 21 heavy (non-hydrogen) atoms. The Morgan fingerprint density at radius 3 is 3.10 bits per heavy atom. The number of H-pyrrole nitrogens is 1. The molecule has 0 saturated heterocycles. The van der Waals surface area contributed by atoms with Gasteiger partial charge in [-0.3, -0.25) is 5.10 Å². The van der Waals surface area contributed by atoms with E-state index in [1.165, 1.54) is 36.0 Å². The number of ether oxygens (including phenoxy) is 1. The number of hydrogen-bond acceptors (Lipinski definition) is 3. The zero-order chi connectivity index (χ0) is 14.7. The second-order valence-electron chi connectivity index (χ2n) is 5.81. The molecule has 1 aromatic heterocycles. The molecule has 1 aliphatic carbocycles. The fourth-order valence-corrected chi connectivity index (χ4v) is 3.17. The smallest absolute Gasteiger partial charge is 0.119 e. The highest BCUT2D eigenvalue weighted by atomic mass is 16.5. The maximum absolute atomic E-state index is 5.33. The Labute approximate surface area is 125 Å². The zero-order valence-electron chi connectivity index (χ0n) is 12.8. The van der Waals surface area contributed by atoms with Crippen LogP contribution in [0, 0.1) is 6.92 Å². The van der Waals surface area contributed by atoms with E-state index in [-0.39, 0.29) is 0 Å². The molecule has 0 spiro atoms. The fraction of sp³-hybridized carbons (Fsp3) is 0.471. The Bertz CT molecular complexity index is 606. The highest BCUT2D eigenvalue weighted by Crippen LogP contribution is 2.33. The number of nitrogens with zero attached hydrogens (tertiary/aromatic N) is 1. The van der Waals surface area contributed by atoms with Gasteiger partial charge in [-0.15, -0.1) is 0 Å². The molecule has 0 unspecified atom stereocenters. The van der Waals surface area contributed by atoms with E-state index >= 15 is 0 Å². The van der Waals surface area contributed by atoms with Gasteiger partial charge in [-0.25, -0.2) is 0 Å². The number of aromatic amines is 1. The summed E-state index contributed by atoms with van der Waals surface area (Å²) in [4.78, 5) is 0. The summed E-state index contributed by atoms with van der Waals surface area (Å²) in [6.07, 6.45) is 5.60. The van der Waals surface area contributed by atoms with Crippen molar-refractivity contribution in [3.8, 4) is 5.75 Å². The third-order valence-electron chi connectivity index (χ3n) is 4.43. The monoisotopic (exact) mass is 285 g/mol. The van der Waals surface area contributed by atoms with Crippen LogP contribution in [-0.4, -0.2) is 23.9 Å². The molecule has 1 aliphatic rings. The summed E-state index contributed by atoms with van der Waals surface area (Å²) in [5.41, 5.74) is 5.34. The predicted molar refractivity (Wildman–Crippen MR) is 83.7 cm³/mol. The highest BCUT2D eigenvalue weighted by molar-refractivity contribution is 5.39. The second-order valence-corrected chi connectivity index (χ2v) is 5.81. The average molecular weight is 285 g/mol. The van der Waals surface area contributed by atoms with Crippen molar-refractivity contribution in [3.05, 3.63) is 46.8 Å². The first-order valence-electron chi connectivity index (χ1n) is 7.64. The molecule has 0 aliphatic heterocycles. The molecule has 0 radical (unpaired) electrons. The van der Waals surface area contributed by atoms with Crippen LogP contribution >= 0.6 is 0 Å². The molecule has 0 bridgehead atoms. The van der Waals surface area contributed by atoms with E-state index in [4.69, 9.17) is 4.74 Å². The number of aromatic nitrogens is 2. The Hall–Kier alpha value is -1.81. The maximum atomic E-state index is 5.33. The second kappa shape index (κ2) is 6.31. The van der Waals surface area contributed by atoms with E-state index in [0.29, 0.717) is 5.92 Å². The lowest BCUT2D eigenvalue weighted by atomic mass is 9.82. The average Bonchev–Trinajstić information content (AvgIpc) is 2.92. The third-order valence-corrected chi connectivity index (χ3v) is 4.43. The van der Waals surface area contributed by atoms with Gasteiger partial charge in [0.25, 0.3) is 0 Å². The van der Waals surface area contributed by atoms with Gasteiger partial charge in [-0.2, -0.15) is 5.10 Å². The molecule has 0 saturated carbocycles. The molecule has 3 rings (SSSR count). The van der Waals surface area contributed by atoms with E-state index in [2.05, 4.69) is 40.6 Å². The lowest BCUT2D eigenvalue weighted by Crippen LogP contribution is -2.24. The first-order valence-corrected chi connectivity index (χ1v) is 7.64. The van der Waals surface area contributed by atoms with Crippen LogP contribution in [0.1, 0.15) is 41.1 Å². The number of fused-ring (bicyclic) bond motifs is 1. The van der Waals surface area contributed by atoms with Crippen molar-refractivity contribution in [3.63, 3.8) is 0 Å². The molecular weight excluding hydrogens is 262 g/mol. The van der Waals surface area contributed by atoms with Crippen molar-refractivity contribution in [1.29, 1.82) is 0 Å². The Morgan fingerprint density at radius 1 is 1.43 bits per heavy atom. The standard InChI is InChI=1S/C17H23N3O/c1-12-15(11-19-20-12)10-18-9-14-5-3-4-13-8-16(21-2)6-7-17(13)14/h6-8,11,14,18H,3-5,9-10H2,1-2H3,(H,19,20)/t14-/m1/s1. The van der Waals surface area contributed by atoms with Crippen LogP contribution in [0.5, 0.6) is 5.75 Å². The normalized spacial score (nSPS) is 17.5. The molecule has 1 atom stereocenters. The molecule has 2 aromatic rings. The van der Waals surface area contributed by atoms with E-state index in [0.717, 1.165) is 24.5 Å². The summed E-state index contributed by atoms with van der Waals surface area (Å²) < 4.78 is 5.33. The van der Waals surface area contributed by atoms with Gasteiger partial charge in [0.15, 0.2) is 0 Å². The minimum absolute atomic E-state index is 0.604. The van der Waals surface area contributed by atoms with Crippen molar-refractivity contribution in [1.82, 2.24) is 15.5 Å². The quantitative estimate of drug-likeness (QED) is 0.888. The van der Waals surface area contributed by atoms with Crippen LogP contribution in [0.15, 0.2) is 24.4 Å². The van der Waals surface area contributed by atoms with Crippen LogP contribution in [0.4, 0.5) is 0 Å². The van der Waals surface area contributed by atoms with Gasteiger partial charge < -0.3 is 10.1 Å². The van der Waals surface area contributed by atoms with Gasteiger partial charge in [0.1, 0.15) is 5.75 Å². The number of aryl methyl sites for hydroxylation is 2. The summed E-state index contributed by atoms with van der Waals surface area (Å²) in [5.74, 6) is 1.57. The summed E-state index contributed by atoms with van der Waals surface area (Å²) in [7, 11) is 1.73. The molecule has 0 amide bonds. The third kappa shape index (κ3) is 3.10. The van der Waals surface area contributed by atoms with E-state index in [1.54, 1.807) is 7.11 Å². The van der Waals surface area contributed by atoms with Gasteiger partial charge in [-0.05, 0) is 55.4 Å². The molecular formula is C17H23N3O. The Kier molecular flexibility index (Phi) is 4.25. The van der Waals surface area contributed by atoms with Crippen molar-refractivity contribution in [2.45, 2.75) is 38.6 Å².